The third-order valence-corrected chi connectivity index (χ3v) is 10.3. The van der Waals surface area contributed by atoms with Crippen LogP contribution in [-0.4, -0.2) is 0 Å². The average molecular weight is 664 g/mol. The normalized spacial score (nSPS) is 11.5. The van der Waals surface area contributed by atoms with Crippen molar-refractivity contribution < 1.29 is 4.42 Å². The summed E-state index contributed by atoms with van der Waals surface area (Å²) in [6.45, 7) is 0. The molecule has 10 aromatic rings. The molecular formula is C50H33NO. The molecule has 0 fully saturated rings. The summed E-state index contributed by atoms with van der Waals surface area (Å²) >= 11 is 0. The van der Waals surface area contributed by atoms with Crippen LogP contribution in [0.1, 0.15) is 0 Å². The van der Waals surface area contributed by atoms with E-state index >= 15 is 0 Å². The molecule has 0 amide bonds. The Balaban J connectivity index is 1.19. The number of anilines is 3. The van der Waals surface area contributed by atoms with Crippen molar-refractivity contribution in [2.75, 3.05) is 4.90 Å². The van der Waals surface area contributed by atoms with Crippen molar-refractivity contribution in [2.45, 2.75) is 0 Å². The summed E-state index contributed by atoms with van der Waals surface area (Å²) in [6, 6.07) is 71.6. The van der Waals surface area contributed by atoms with Gasteiger partial charge in [-0.25, -0.2) is 0 Å². The van der Waals surface area contributed by atoms with E-state index in [1.165, 1.54) is 33.0 Å². The van der Waals surface area contributed by atoms with E-state index in [2.05, 4.69) is 205 Å². The highest BCUT2D eigenvalue weighted by atomic mass is 16.3. The molecule has 0 N–H and O–H groups in total. The Labute approximate surface area is 302 Å². The predicted molar refractivity (Wildman–Crippen MR) is 220 cm³/mol. The van der Waals surface area contributed by atoms with E-state index in [1.54, 1.807) is 0 Å². The maximum absolute atomic E-state index is 6.84. The first-order valence-electron chi connectivity index (χ1n) is 17.8. The van der Waals surface area contributed by atoms with Crippen molar-refractivity contribution in [2.24, 2.45) is 0 Å². The van der Waals surface area contributed by atoms with Crippen LogP contribution in [0.15, 0.2) is 205 Å². The molecule has 0 spiro atoms. The zero-order valence-electron chi connectivity index (χ0n) is 28.4. The lowest BCUT2D eigenvalue weighted by molar-refractivity contribution is 0.674. The molecule has 0 radical (unpaired) electrons. The first-order valence-corrected chi connectivity index (χ1v) is 17.8. The maximum Gasteiger partial charge on any atom is 0.143 e. The molecule has 0 saturated heterocycles. The Morgan fingerprint density at radius 1 is 0.308 bits per heavy atom. The van der Waals surface area contributed by atoms with Gasteiger partial charge < -0.3 is 9.32 Å². The molecule has 0 aliphatic heterocycles. The van der Waals surface area contributed by atoms with Gasteiger partial charge in [-0.1, -0.05) is 170 Å². The lowest BCUT2D eigenvalue weighted by atomic mass is 9.97. The van der Waals surface area contributed by atoms with Gasteiger partial charge in [-0.05, 0) is 68.9 Å². The number of nitrogens with zero attached hydrogens (tertiary/aromatic N) is 1. The molecule has 2 nitrogen and oxygen atoms in total. The molecule has 0 aliphatic rings. The van der Waals surface area contributed by atoms with E-state index in [0.717, 1.165) is 60.9 Å². The standard InChI is InChI=1S/C50H33NO/c1-3-13-34(14-4-1)35-25-29-39(30-26-35)51(40-31-27-38(28-32-40)42-22-11-18-36-17-7-8-19-41(36)42)48-33-47-46-24-12-23-43(37-15-5-2-6-16-37)49(46)52-50(47)45-21-10-9-20-44(45)48/h1-33H. The van der Waals surface area contributed by atoms with E-state index in [4.69, 9.17) is 4.42 Å². The van der Waals surface area contributed by atoms with Gasteiger partial charge in [0, 0.05) is 38.5 Å². The topological polar surface area (TPSA) is 16.4 Å². The van der Waals surface area contributed by atoms with E-state index in [-0.39, 0.29) is 0 Å². The van der Waals surface area contributed by atoms with Crippen molar-refractivity contribution in [1.29, 1.82) is 0 Å². The molecule has 1 aromatic heterocycles. The summed E-state index contributed by atoms with van der Waals surface area (Å²) in [7, 11) is 0. The molecule has 1 heterocycles. The Morgan fingerprint density at radius 3 is 1.52 bits per heavy atom. The Hall–Kier alpha value is -6.90. The molecule has 9 aromatic carbocycles. The Kier molecular flexibility index (Phi) is 7.18. The number of hydrogen-bond acceptors (Lipinski definition) is 2. The molecular weight excluding hydrogens is 631 g/mol. The largest absolute Gasteiger partial charge is 0.455 e. The van der Waals surface area contributed by atoms with Crippen molar-refractivity contribution in [3.8, 4) is 33.4 Å². The molecule has 0 saturated carbocycles. The van der Waals surface area contributed by atoms with E-state index in [0.29, 0.717) is 0 Å². The summed E-state index contributed by atoms with van der Waals surface area (Å²) in [5, 5.41) is 6.91. The first-order chi connectivity index (χ1) is 25.8. The summed E-state index contributed by atoms with van der Waals surface area (Å²) in [4.78, 5) is 2.39. The van der Waals surface area contributed by atoms with Gasteiger partial charge >= 0.3 is 0 Å². The van der Waals surface area contributed by atoms with Crippen molar-refractivity contribution >= 4 is 60.5 Å². The lowest BCUT2D eigenvalue weighted by Crippen LogP contribution is -2.10. The van der Waals surface area contributed by atoms with Crippen LogP contribution < -0.4 is 4.90 Å². The average Bonchev–Trinajstić information content (AvgIpc) is 3.61. The van der Waals surface area contributed by atoms with Gasteiger partial charge in [0.15, 0.2) is 0 Å². The number of benzene rings is 9. The van der Waals surface area contributed by atoms with Gasteiger partial charge in [0.05, 0.1) is 5.69 Å². The Bertz CT molecular complexity index is 2870. The number of hydrogen-bond donors (Lipinski definition) is 0. The van der Waals surface area contributed by atoms with Gasteiger partial charge in [-0.15, -0.1) is 0 Å². The van der Waals surface area contributed by atoms with E-state index < -0.39 is 0 Å². The molecule has 52 heavy (non-hydrogen) atoms. The minimum Gasteiger partial charge on any atom is -0.455 e. The van der Waals surface area contributed by atoms with Crippen LogP contribution in [0, 0.1) is 0 Å². The van der Waals surface area contributed by atoms with Crippen molar-refractivity contribution in [3.05, 3.63) is 200 Å². The molecule has 0 aliphatic carbocycles. The van der Waals surface area contributed by atoms with Crippen LogP contribution in [0.25, 0.3) is 76.9 Å². The summed E-state index contributed by atoms with van der Waals surface area (Å²) in [6.07, 6.45) is 0. The second kappa shape index (κ2) is 12.5. The minimum absolute atomic E-state index is 0.906. The van der Waals surface area contributed by atoms with Crippen LogP contribution in [0.5, 0.6) is 0 Å². The van der Waals surface area contributed by atoms with Crippen LogP contribution in [-0.2, 0) is 0 Å². The van der Waals surface area contributed by atoms with Gasteiger partial charge in [0.1, 0.15) is 11.2 Å². The van der Waals surface area contributed by atoms with Crippen LogP contribution in [0.4, 0.5) is 17.1 Å². The third kappa shape index (κ3) is 5.04. The van der Waals surface area contributed by atoms with Crippen molar-refractivity contribution in [1.82, 2.24) is 0 Å². The molecule has 0 bridgehead atoms. The lowest BCUT2D eigenvalue weighted by Gasteiger charge is -2.27. The highest BCUT2D eigenvalue weighted by Crippen LogP contribution is 2.46. The van der Waals surface area contributed by atoms with Gasteiger partial charge in [-0.3, -0.25) is 0 Å². The minimum atomic E-state index is 0.906. The molecule has 10 rings (SSSR count). The van der Waals surface area contributed by atoms with E-state index in [1.807, 2.05) is 0 Å². The Morgan fingerprint density at radius 2 is 0.788 bits per heavy atom. The SMILES string of the molecule is c1ccc(-c2ccc(N(c3ccc(-c4cccc5ccccc45)cc3)c3cc4c5cccc(-c6ccccc6)c5oc4c4ccccc34)cc2)cc1. The van der Waals surface area contributed by atoms with Gasteiger partial charge in [-0.2, -0.15) is 0 Å². The number of para-hydroxylation sites is 1. The van der Waals surface area contributed by atoms with Crippen LogP contribution >= 0.6 is 0 Å². The van der Waals surface area contributed by atoms with Gasteiger partial charge in [0.25, 0.3) is 0 Å². The summed E-state index contributed by atoms with van der Waals surface area (Å²) < 4.78 is 6.84. The fourth-order valence-electron chi connectivity index (χ4n) is 7.76. The quantitative estimate of drug-likeness (QED) is 0.176. The molecule has 0 atom stereocenters. The monoisotopic (exact) mass is 663 g/mol. The number of rotatable bonds is 6. The predicted octanol–water partition coefficient (Wildman–Crippen LogP) is 14.4. The fourth-order valence-corrected chi connectivity index (χ4v) is 7.76. The third-order valence-electron chi connectivity index (χ3n) is 10.3. The molecule has 2 heteroatoms. The maximum atomic E-state index is 6.84. The number of furan rings is 1. The van der Waals surface area contributed by atoms with Crippen molar-refractivity contribution in [3.63, 3.8) is 0 Å². The van der Waals surface area contributed by atoms with E-state index in [9.17, 15) is 0 Å². The van der Waals surface area contributed by atoms with Gasteiger partial charge in [0.2, 0.25) is 0 Å². The second-order valence-corrected chi connectivity index (χ2v) is 13.3. The summed E-state index contributed by atoms with van der Waals surface area (Å²) in [5.74, 6) is 0. The highest BCUT2D eigenvalue weighted by Gasteiger charge is 2.21. The zero-order chi connectivity index (χ0) is 34.4. The summed E-state index contributed by atoms with van der Waals surface area (Å²) in [5.41, 5.74) is 12.1. The zero-order valence-corrected chi connectivity index (χ0v) is 28.4. The smallest absolute Gasteiger partial charge is 0.143 e. The fraction of sp³-hybridized carbons (Fsp3) is 0. The van der Waals surface area contributed by atoms with Crippen LogP contribution in [0.2, 0.25) is 0 Å². The number of fused-ring (bicyclic) bond motifs is 6. The molecule has 244 valence electrons. The second-order valence-electron chi connectivity index (χ2n) is 13.3. The van der Waals surface area contributed by atoms with Crippen LogP contribution in [0.3, 0.4) is 0 Å². The molecule has 0 unspecified atom stereocenters. The first kappa shape index (κ1) is 30.0. The highest BCUT2D eigenvalue weighted by molar-refractivity contribution is 6.21.